The Morgan fingerprint density at radius 2 is 1.81 bits per heavy atom. The molecule has 0 aliphatic rings. The third-order valence-electron chi connectivity index (χ3n) is 5.11. The summed E-state index contributed by atoms with van der Waals surface area (Å²) in [7, 11) is 0. The van der Waals surface area contributed by atoms with Gasteiger partial charge in [-0.15, -0.1) is 0 Å². The van der Waals surface area contributed by atoms with E-state index in [0.717, 1.165) is 17.5 Å². The SMILES string of the molecule is O=C(NO)c1cc(-c2ccc(-c3ccc(CCCO)cc3)c(F)c2)nc2ccncc12. The zero-order chi connectivity index (χ0) is 21.8. The number of hydrogen-bond acceptors (Lipinski definition) is 5. The van der Waals surface area contributed by atoms with Gasteiger partial charge < -0.3 is 5.11 Å². The molecule has 1 amide bonds. The number of carbonyl (C=O) groups is 1. The van der Waals surface area contributed by atoms with Crippen LogP contribution in [0, 0.1) is 5.82 Å². The highest BCUT2D eigenvalue weighted by molar-refractivity contribution is 6.06. The second-order valence-corrected chi connectivity index (χ2v) is 7.11. The van der Waals surface area contributed by atoms with Crippen LogP contribution in [0.25, 0.3) is 33.3 Å². The molecule has 2 aromatic heterocycles. The molecular formula is C24H20FN3O3. The monoisotopic (exact) mass is 417 g/mol. The van der Waals surface area contributed by atoms with E-state index in [2.05, 4.69) is 9.97 Å². The van der Waals surface area contributed by atoms with Crippen molar-refractivity contribution >= 4 is 16.8 Å². The van der Waals surface area contributed by atoms with Gasteiger partial charge in [-0.1, -0.05) is 36.4 Å². The first-order valence-electron chi connectivity index (χ1n) is 9.80. The van der Waals surface area contributed by atoms with E-state index in [1.54, 1.807) is 29.9 Å². The molecule has 31 heavy (non-hydrogen) atoms. The van der Waals surface area contributed by atoms with E-state index >= 15 is 0 Å². The van der Waals surface area contributed by atoms with Gasteiger partial charge in [0.05, 0.1) is 16.8 Å². The van der Waals surface area contributed by atoms with E-state index in [-0.39, 0.29) is 12.2 Å². The molecule has 0 atom stereocenters. The first kappa shape index (κ1) is 20.6. The van der Waals surface area contributed by atoms with Gasteiger partial charge in [-0.25, -0.2) is 14.9 Å². The van der Waals surface area contributed by atoms with Gasteiger partial charge in [0.2, 0.25) is 0 Å². The van der Waals surface area contributed by atoms with Gasteiger partial charge in [0.15, 0.2) is 0 Å². The smallest absolute Gasteiger partial charge is 0.275 e. The summed E-state index contributed by atoms with van der Waals surface area (Å²) < 4.78 is 15.0. The van der Waals surface area contributed by atoms with E-state index in [9.17, 15) is 9.18 Å². The number of hydroxylamine groups is 1. The maximum Gasteiger partial charge on any atom is 0.275 e. The first-order valence-corrected chi connectivity index (χ1v) is 9.80. The molecule has 0 radical (unpaired) electrons. The van der Waals surface area contributed by atoms with Crippen LogP contribution in [0.5, 0.6) is 0 Å². The molecular weight excluding hydrogens is 397 g/mol. The highest BCUT2D eigenvalue weighted by Crippen LogP contribution is 2.29. The average molecular weight is 417 g/mol. The highest BCUT2D eigenvalue weighted by Gasteiger charge is 2.15. The number of fused-ring (bicyclic) bond motifs is 1. The van der Waals surface area contributed by atoms with Gasteiger partial charge >= 0.3 is 0 Å². The van der Waals surface area contributed by atoms with Crippen molar-refractivity contribution in [2.75, 3.05) is 6.61 Å². The number of aliphatic hydroxyl groups is 1. The Labute approximate surface area is 178 Å². The maximum atomic E-state index is 15.0. The lowest BCUT2D eigenvalue weighted by atomic mass is 9.99. The summed E-state index contributed by atoms with van der Waals surface area (Å²) in [5.74, 6) is -1.11. The largest absolute Gasteiger partial charge is 0.396 e. The molecule has 0 aliphatic heterocycles. The molecule has 2 heterocycles. The number of aryl methyl sites for hydroxylation is 1. The number of rotatable bonds is 6. The molecule has 2 aromatic carbocycles. The molecule has 0 saturated carbocycles. The number of pyridine rings is 2. The van der Waals surface area contributed by atoms with Gasteiger partial charge in [-0.2, -0.15) is 0 Å². The molecule has 0 aliphatic carbocycles. The fraction of sp³-hybridized carbons (Fsp3) is 0.125. The van der Waals surface area contributed by atoms with E-state index in [0.29, 0.717) is 34.1 Å². The Morgan fingerprint density at radius 3 is 2.52 bits per heavy atom. The quantitative estimate of drug-likeness (QED) is 0.324. The van der Waals surface area contributed by atoms with Crippen molar-refractivity contribution in [3.05, 3.63) is 83.9 Å². The molecule has 4 rings (SSSR count). The van der Waals surface area contributed by atoms with Crippen LogP contribution < -0.4 is 5.48 Å². The van der Waals surface area contributed by atoms with Crippen LogP contribution >= 0.6 is 0 Å². The summed E-state index contributed by atoms with van der Waals surface area (Å²) in [6.07, 6.45) is 4.50. The average Bonchev–Trinajstić information content (AvgIpc) is 2.82. The van der Waals surface area contributed by atoms with Crippen LogP contribution in [0.2, 0.25) is 0 Å². The number of nitrogens with one attached hydrogen (secondary N) is 1. The van der Waals surface area contributed by atoms with Crippen molar-refractivity contribution in [1.29, 1.82) is 0 Å². The van der Waals surface area contributed by atoms with E-state index < -0.39 is 11.7 Å². The second kappa shape index (κ2) is 8.99. The van der Waals surface area contributed by atoms with Crippen molar-refractivity contribution < 1.29 is 19.5 Å². The first-order chi connectivity index (χ1) is 15.1. The topological polar surface area (TPSA) is 95.3 Å². The molecule has 0 unspecified atom stereocenters. The van der Waals surface area contributed by atoms with Crippen LogP contribution in [0.4, 0.5) is 4.39 Å². The molecule has 156 valence electrons. The summed E-state index contributed by atoms with van der Waals surface area (Å²) in [5, 5.41) is 18.5. The van der Waals surface area contributed by atoms with Crippen molar-refractivity contribution in [2.24, 2.45) is 0 Å². The molecule has 0 fully saturated rings. The van der Waals surface area contributed by atoms with Crippen LogP contribution in [-0.2, 0) is 6.42 Å². The Hall–Kier alpha value is -3.68. The lowest BCUT2D eigenvalue weighted by Gasteiger charge is -2.10. The van der Waals surface area contributed by atoms with E-state index in [1.807, 2.05) is 24.3 Å². The van der Waals surface area contributed by atoms with Gasteiger partial charge in [0.25, 0.3) is 5.91 Å². The van der Waals surface area contributed by atoms with Crippen molar-refractivity contribution in [3.8, 4) is 22.4 Å². The van der Waals surface area contributed by atoms with Crippen molar-refractivity contribution in [1.82, 2.24) is 15.4 Å². The number of benzene rings is 2. The number of halogens is 1. The van der Waals surface area contributed by atoms with Crippen LogP contribution in [0.3, 0.4) is 0 Å². The minimum atomic E-state index is -0.694. The normalized spacial score (nSPS) is 10.9. The summed E-state index contributed by atoms with van der Waals surface area (Å²) in [6.45, 7) is 0.138. The molecule has 3 N–H and O–H groups in total. The lowest BCUT2D eigenvalue weighted by molar-refractivity contribution is 0.0708. The third kappa shape index (κ3) is 4.28. The Kier molecular flexibility index (Phi) is 5.97. The Morgan fingerprint density at radius 1 is 1.03 bits per heavy atom. The fourth-order valence-electron chi connectivity index (χ4n) is 3.51. The lowest BCUT2D eigenvalue weighted by Crippen LogP contribution is -2.19. The highest BCUT2D eigenvalue weighted by atomic mass is 19.1. The van der Waals surface area contributed by atoms with E-state index in [4.69, 9.17) is 10.3 Å². The number of aromatic nitrogens is 2. The zero-order valence-corrected chi connectivity index (χ0v) is 16.5. The minimum absolute atomic E-state index is 0.138. The maximum absolute atomic E-state index is 15.0. The van der Waals surface area contributed by atoms with Crippen molar-refractivity contribution in [2.45, 2.75) is 12.8 Å². The number of carbonyl (C=O) groups excluding carboxylic acids is 1. The summed E-state index contributed by atoms with van der Waals surface area (Å²) in [4.78, 5) is 20.6. The number of hydrogen-bond donors (Lipinski definition) is 3. The second-order valence-electron chi connectivity index (χ2n) is 7.11. The minimum Gasteiger partial charge on any atom is -0.396 e. The fourth-order valence-corrected chi connectivity index (χ4v) is 3.51. The third-order valence-corrected chi connectivity index (χ3v) is 5.11. The van der Waals surface area contributed by atoms with Crippen LogP contribution in [0.15, 0.2) is 67.0 Å². The summed E-state index contributed by atoms with van der Waals surface area (Å²) in [6, 6.07) is 15.5. The van der Waals surface area contributed by atoms with Crippen LogP contribution in [-0.4, -0.2) is 32.8 Å². The predicted molar refractivity (Wildman–Crippen MR) is 115 cm³/mol. The van der Waals surface area contributed by atoms with E-state index in [1.165, 1.54) is 18.3 Å². The number of nitrogens with zero attached hydrogens (tertiary/aromatic N) is 2. The van der Waals surface area contributed by atoms with Gasteiger partial charge in [0, 0.05) is 35.5 Å². The molecule has 6 nitrogen and oxygen atoms in total. The molecule has 7 heteroatoms. The van der Waals surface area contributed by atoms with Gasteiger partial charge in [-0.05, 0) is 42.2 Å². The van der Waals surface area contributed by atoms with Gasteiger partial charge in [-0.3, -0.25) is 15.0 Å². The predicted octanol–water partition coefficient (Wildman–Crippen LogP) is 4.15. The standard InChI is InChI=1S/C24H20FN3O3/c25-21-12-17(7-8-18(21)16-5-3-15(4-6-16)2-1-11-29)23-13-19(24(30)28-31)20-14-26-10-9-22(20)27-23/h3-10,12-14,29,31H,1-2,11H2,(H,28,30). The molecule has 0 saturated heterocycles. The molecule has 0 spiro atoms. The number of aliphatic hydroxyl groups excluding tert-OH is 1. The Bertz CT molecular complexity index is 1240. The Balaban J connectivity index is 1.71. The zero-order valence-electron chi connectivity index (χ0n) is 16.5. The summed E-state index contributed by atoms with van der Waals surface area (Å²) in [5.41, 5.74) is 5.52. The molecule has 0 bridgehead atoms. The molecule has 4 aromatic rings. The van der Waals surface area contributed by atoms with Crippen molar-refractivity contribution in [3.63, 3.8) is 0 Å². The van der Waals surface area contributed by atoms with Crippen LogP contribution in [0.1, 0.15) is 22.3 Å². The van der Waals surface area contributed by atoms with Gasteiger partial charge in [0.1, 0.15) is 5.82 Å². The summed E-state index contributed by atoms with van der Waals surface area (Å²) >= 11 is 0. The number of amides is 1.